The molecule has 130 valence electrons. The molecule has 1 amide bonds. The van der Waals surface area contributed by atoms with Crippen LogP contribution in [0.5, 0.6) is 5.75 Å². The molecule has 3 rings (SSSR count). The number of nitrogens with one attached hydrogen (secondary N) is 3. The molecular weight excluding hydrogens is 384 g/mol. The second-order valence-electron chi connectivity index (χ2n) is 5.48. The SMILES string of the molecule is COc1ccc(Br)c(C(=O)NCCCNc2nc3ccccc3[nH]2)c1. The average molecular weight is 403 g/mol. The summed E-state index contributed by atoms with van der Waals surface area (Å²) in [6, 6.07) is 13.2. The number of fused-ring (bicyclic) bond motifs is 1. The number of imidazole rings is 1. The Bertz CT molecular complexity index is 845. The van der Waals surface area contributed by atoms with Crippen LogP contribution in [-0.2, 0) is 0 Å². The highest BCUT2D eigenvalue weighted by Gasteiger charge is 2.10. The van der Waals surface area contributed by atoms with Gasteiger partial charge in [-0.1, -0.05) is 12.1 Å². The van der Waals surface area contributed by atoms with Gasteiger partial charge in [0.1, 0.15) is 5.75 Å². The fourth-order valence-electron chi connectivity index (χ4n) is 2.43. The number of aromatic nitrogens is 2. The Morgan fingerprint density at radius 2 is 2.08 bits per heavy atom. The van der Waals surface area contributed by atoms with Gasteiger partial charge in [-0.15, -0.1) is 0 Å². The predicted molar refractivity (Wildman–Crippen MR) is 102 cm³/mol. The van der Waals surface area contributed by atoms with Crippen LogP contribution in [0.2, 0.25) is 0 Å². The minimum Gasteiger partial charge on any atom is -0.497 e. The maximum absolute atomic E-state index is 12.2. The number of hydrogen-bond acceptors (Lipinski definition) is 4. The summed E-state index contributed by atoms with van der Waals surface area (Å²) >= 11 is 3.39. The van der Waals surface area contributed by atoms with Crippen molar-refractivity contribution in [2.24, 2.45) is 0 Å². The summed E-state index contributed by atoms with van der Waals surface area (Å²) in [5, 5.41) is 6.14. The van der Waals surface area contributed by atoms with Crippen molar-refractivity contribution >= 4 is 38.8 Å². The highest BCUT2D eigenvalue weighted by atomic mass is 79.9. The zero-order valence-electron chi connectivity index (χ0n) is 13.8. The number of hydrogen-bond donors (Lipinski definition) is 3. The third-order valence-electron chi connectivity index (χ3n) is 3.74. The van der Waals surface area contributed by atoms with Crippen molar-refractivity contribution in [1.29, 1.82) is 0 Å². The van der Waals surface area contributed by atoms with E-state index in [4.69, 9.17) is 4.74 Å². The fourth-order valence-corrected chi connectivity index (χ4v) is 2.86. The van der Waals surface area contributed by atoms with Crippen LogP contribution in [0.1, 0.15) is 16.8 Å². The highest BCUT2D eigenvalue weighted by Crippen LogP contribution is 2.22. The number of carbonyl (C=O) groups is 1. The van der Waals surface area contributed by atoms with Crippen LogP contribution < -0.4 is 15.4 Å². The molecule has 3 N–H and O–H groups in total. The van der Waals surface area contributed by atoms with Crippen LogP contribution in [0.4, 0.5) is 5.95 Å². The third kappa shape index (κ3) is 4.30. The maximum atomic E-state index is 12.2. The molecule has 0 bridgehead atoms. The predicted octanol–water partition coefficient (Wildman–Crippen LogP) is 3.57. The van der Waals surface area contributed by atoms with E-state index < -0.39 is 0 Å². The molecule has 0 aliphatic rings. The van der Waals surface area contributed by atoms with Gasteiger partial charge in [0, 0.05) is 17.6 Å². The van der Waals surface area contributed by atoms with E-state index in [-0.39, 0.29) is 5.91 Å². The molecule has 6 nitrogen and oxygen atoms in total. The van der Waals surface area contributed by atoms with E-state index in [0.717, 1.165) is 27.9 Å². The molecule has 0 spiro atoms. The van der Waals surface area contributed by atoms with Gasteiger partial charge in [0.25, 0.3) is 5.91 Å². The molecule has 0 fully saturated rings. The molecule has 0 radical (unpaired) electrons. The van der Waals surface area contributed by atoms with Crippen LogP contribution in [0.15, 0.2) is 46.9 Å². The number of anilines is 1. The molecule has 0 saturated heterocycles. The van der Waals surface area contributed by atoms with Gasteiger partial charge in [-0.2, -0.15) is 0 Å². The molecule has 0 aliphatic carbocycles. The van der Waals surface area contributed by atoms with E-state index >= 15 is 0 Å². The molecule has 0 saturated carbocycles. The summed E-state index contributed by atoms with van der Waals surface area (Å²) in [5.41, 5.74) is 2.49. The lowest BCUT2D eigenvalue weighted by atomic mass is 10.2. The minimum atomic E-state index is -0.130. The second-order valence-corrected chi connectivity index (χ2v) is 6.34. The van der Waals surface area contributed by atoms with Gasteiger partial charge in [-0.3, -0.25) is 4.79 Å². The Morgan fingerprint density at radius 1 is 1.24 bits per heavy atom. The lowest BCUT2D eigenvalue weighted by Gasteiger charge is -2.09. The van der Waals surface area contributed by atoms with Crippen LogP contribution in [0, 0.1) is 0 Å². The van der Waals surface area contributed by atoms with E-state index in [2.05, 4.69) is 36.5 Å². The highest BCUT2D eigenvalue weighted by molar-refractivity contribution is 9.10. The van der Waals surface area contributed by atoms with Crippen LogP contribution in [0.25, 0.3) is 11.0 Å². The van der Waals surface area contributed by atoms with E-state index in [1.807, 2.05) is 24.3 Å². The maximum Gasteiger partial charge on any atom is 0.252 e. The summed E-state index contributed by atoms with van der Waals surface area (Å²) in [6.45, 7) is 1.27. The number of halogens is 1. The number of methoxy groups -OCH3 is 1. The molecule has 25 heavy (non-hydrogen) atoms. The summed E-state index contributed by atoms with van der Waals surface area (Å²) in [6.07, 6.45) is 0.782. The van der Waals surface area contributed by atoms with Gasteiger partial charge in [0.05, 0.1) is 23.7 Å². The summed E-state index contributed by atoms with van der Waals surface area (Å²) in [4.78, 5) is 19.9. The van der Waals surface area contributed by atoms with Gasteiger partial charge in [0.15, 0.2) is 0 Å². The van der Waals surface area contributed by atoms with Gasteiger partial charge in [0.2, 0.25) is 5.95 Å². The minimum absolute atomic E-state index is 0.130. The molecule has 3 aromatic rings. The smallest absolute Gasteiger partial charge is 0.252 e. The van der Waals surface area contributed by atoms with Crippen molar-refractivity contribution in [2.45, 2.75) is 6.42 Å². The molecule has 0 atom stereocenters. The number of aromatic amines is 1. The van der Waals surface area contributed by atoms with Gasteiger partial charge < -0.3 is 20.4 Å². The Morgan fingerprint density at radius 3 is 2.88 bits per heavy atom. The topological polar surface area (TPSA) is 79.0 Å². The molecular formula is C18H19BrN4O2. The first-order chi connectivity index (χ1) is 12.2. The lowest BCUT2D eigenvalue weighted by Crippen LogP contribution is -2.26. The molecule has 0 unspecified atom stereocenters. The number of benzene rings is 2. The third-order valence-corrected chi connectivity index (χ3v) is 4.43. The number of para-hydroxylation sites is 2. The summed E-state index contributed by atoms with van der Waals surface area (Å²) < 4.78 is 5.90. The summed E-state index contributed by atoms with van der Waals surface area (Å²) in [7, 11) is 1.58. The van der Waals surface area contributed by atoms with E-state index in [0.29, 0.717) is 24.4 Å². The monoisotopic (exact) mass is 402 g/mol. The van der Waals surface area contributed by atoms with E-state index in [1.54, 1.807) is 25.3 Å². The second kappa shape index (κ2) is 8.02. The van der Waals surface area contributed by atoms with Crippen LogP contribution in [0.3, 0.4) is 0 Å². The number of amides is 1. The first-order valence-corrected chi connectivity index (χ1v) is 8.77. The molecule has 1 heterocycles. The summed E-state index contributed by atoms with van der Waals surface area (Å²) in [5.74, 6) is 1.26. The molecule has 1 aromatic heterocycles. The van der Waals surface area contributed by atoms with E-state index in [9.17, 15) is 4.79 Å². The first kappa shape index (κ1) is 17.3. The Hall–Kier alpha value is -2.54. The van der Waals surface area contributed by atoms with Crippen molar-refractivity contribution in [3.8, 4) is 5.75 Å². The molecule has 2 aromatic carbocycles. The standard InChI is InChI=1S/C18H19BrN4O2/c1-25-12-7-8-14(19)13(11-12)17(24)20-9-4-10-21-18-22-15-5-2-3-6-16(15)23-18/h2-3,5-8,11H,4,9-10H2,1H3,(H,20,24)(H2,21,22,23). The number of H-pyrrole nitrogens is 1. The average Bonchev–Trinajstić information content (AvgIpc) is 3.04. The van der Waals surface area contributed by atoms with Crippen LogP contribution >= 0.6 is 15.9 Å². The molecule has 7 heteroatoms. The number of ether oxygens (including phenoxy) is 1. The van der Waals surface area contributed by atoms with Gasteiger partial charge in [-0.05, 0) is 52.7 Å². The number of carbonyl (C=O) groups excluding carboxylic acids is 1. The quantitative estimate of drug-likeness (QED) is 0.527. The van der Waals surface area contributed by atoms with Crippen LogP contribution in [-0.4, -0.2) is 36.1 Å². The van der Waals surface area contributed by atoms with Gasteiger partial charge >= 0.3 is 0 Å². The Labute approximate surface area is 154 Å². The number of nitrogens with zero attached hydrogens (tertiary/aromatic N) is 1. The largest absolute Gasteiger partial charge is 0.497 e. The first-order valence-electron chi connectivity index (χ1n) is 7.98. The van der Waals surface area contributed by atoms with Crippen molar-refractivity contribution in [3.05, 3.63) is 52.5 Å². The fraction of sp³-hybridized carbons (Fsp3) is 0.222. The van der Waals surface area contributed by atoms with E-state index in [1.165, 1.54) is 0 Å². The lowest BCUT2D eigenvalue weighted by molar-refractivity contribution is 0.0952. The Kier molecular flexibility index (Phi) is 5.55. The van der Waals surface area contributed by atoms with Gasteiger partial charge in [-0.25, -0.2) is 4.98 Å². The van der Waals surface area contributed by atoms with Crippen molar-refractivity contribution in [3.63, 3.8) is 0 Å². The zero-order chi connectivity index (χ0) is 17.6. The Balaban J connectivity index is 1.46. The van der Waals surface area contributed by atoms with Crippen molar-refractivity contribution in [1.82, 2.24) is 15.3 Å². The zero-order valence-corrected chi connectivity index (χ0v) is 15.4. The van der Waals surface area contributed by atoms with Crippen molar-refractivity contribution < 1.29 is 9.53 Å². The normalized spacial score (nSPS) is 10.6. The number of rotatable bonds is 7. The van der Waals surface area contributed by atoms with Crippen molar-refractivity contribution in [2.75, 3.05) is 25.5 Å². The molecule has 0 aliphatic heterocycles.